The van der Waals surface area contributed by atoms with Crippen molar-refractivity contribution in [2.24, 2.45) is 4.99 Å². The van der Waals surface area contributed by atoms with E-state index >= 15 is 0 Å². The average molecular weight is 309 g/mol. The number of nitrogens with zero attached hydrogens (tertiary/aromatic N) is 1. The maximum Gasteiger partial charge on any atom is 0.0987 e. The zero-order valence-corrected chi connectivity index (χ0v) is 14.4. The van der Waals surface area contributed by atoms with Crippen molar-refractivity contribution in [1.82, 2.24) is 0 Å². The summed E-state index contributed by atoms with van der Waals surface area (Å²) in [6.07, 6.45) is 2.86. The van der Waals surface area contributed by atoms with Crippen LogP contribution in [0.5, 0.6) is 0 Å². The summed E-state index contributed by atoms with van der Waals surface area (Å²) >= 11 is 0. The molecule has 122 valence electrons. The first-order valence-corrected chi connectivity index (χ1v) is 8.36. The molecule has 0 spiro atoms. The highest BCUT2D eigenvalue weighted by molar-refractivity contribution is 5.89. The summed E-state index contributed by atoms with van der Waals surface area (Å²) in [5.41, 5.74) is 3.80. The molecule has 0 bridgehead atoms. The minimum atomic E-state index is 0.0449. The molecule has 1 unspecified atom stereocenters. The van der Waals surface area contributed by atoms with Gasteiger partial charge in [-0.2, -0.15) is 0 Å². The molecule has 2 rings (SSSR count). The van der Waals surface area contributed by atoms with Gasteiger partial charge in [-0.15, -0.1) is 0 Å². The molecule has 0 heterocycles. The molecule has 2 heteroatoms. The molecular formula is C21H27NO. The van der Waals surface area contributed by atoms with Gasteiger partial charge < -0.3 is 4.74 Å². The van der Waals surface area contributed by atoms with E-state index < -0.39 is 0 Å². The van der Waals surface area contributed by atoms with Crippen molar-refractivity contribution in [2.75, 3.05) is 7.11 Å². The van der Waals surface area contributed by atoms with Crippen LogP contribution in [0, 0.1) is 0 Å². The van der Waals surface area contributed by atoms with Crippen LogP contribution in [-0.4, -0.2) is 25.0 Å². The molecule has 0 radical (unpaired) electrons. The lowest BCUT2D eigenvalue weighted by Gasteiger charge is -2.19. The van der Waals surface area contributed by atoms with Gasteiger partial charge in [-0.25, -0.2) is 0 Å². The van der Waals surface area contributed by atoms with Crippen LogP contribution < -0.4 is 0 Å². The number of hydrogen-bond acceptors (Lipinski definition) is 2. The molecular weight excluding hydrogens is 282 g/mol. The predicted octanol–water partition coefficient (Wildman–Crippen LogP) is 4.73. The Hall–Kier alpha value is -1.93. The lowest BCUT2D eigenvalue weighted by atomic mass is 9.98. The van der Waals surface area contributed by atoms with E-state index in [-0.39, 0.29) is 12.1 Å². The van der Waals surface area contributed by atoms with Gasteiger partial charge in [-0.1, -0.05) is 60.7 Å². The first kappa shape index (κ1) is 17.4. The molecule has 0 amide bonds. The van der Waals surface area contributed by atoms with Gasteiger partial charge in [-0.3, -0.25) is 4.99 Å². The second-order valence-corrected chi connectivity index (χ2v) is 6.11. The lowest BCUT2D eigenvalue weighted by molar-refractivity contribution is 0.154. The van der Waals surface area contributed by atoms with E-state index in [2.05, 4.69) is 68.4 Å². The molecule has 2 nitrogen and oxygen atoms in total. The Kier molecular flexibility index (Phi) is 7.02. The fourth-order valence-electron chi connectivity index (χ4n) is 2.72. The van der Waals surface area contributed by atoms with E-state index in [9.17, 15) is 0 Å². The summed E-state index contributed by atoms with van der Waals surface area (Å²) in [5, 5.41) is 0. The molecule has 0 aliphatic heterocycles. The molecule has 0 N–H and O–H groups in total. The summed E-state index contributed by atoms with van der Waals surface area (Å²) in [4.78, 5) is 4.85. The summed E-state index contributed by atoms with van der Waals surface area (Å²) in [7, 11) is 1.78. The second kappa shape index (κ2) is 9.26. The van der Waals surface area contributed by atoms with Gasteiger partial charge in [0, 0.05) is 25.3 Å². The van der Waals surface area contributed by atoms with Crippen LogP contribution in [0.4, 0.5) is 0 Å². The van der Waals surface area contributed by atoms with Crippen LogP contribution in [0.15, 0.2) is 65.7 Å². The van der Waals surface area contributed by atoms with Crippen molar-refractivity contribution in [3.8, 4) is 0 Å². The molecule has 2 aromatic carbocycles. The monoisotopic (exact) mass is 309 g/mol. The second-order valence-electron chi connectivity index (χ2n) is 6.11. The third-order valence-electron chi connectivity index (χ3n) is 3.86. The Bertz CT molecular complexity index is 590. The zero-order chi connectivity index (χ0) is 16.5. The maximum absolute atomic E-state index is 5.77. The first-order chi connectivity index (χ1) is 11.2. The van der Waals surface area contributed by atoms with E-state index in [0.717, 1.165) is 25.0 Å². The minimum absolute atomic E-state index is 0.0449. The zero-order valence-electron chi connectivity index (χ0n) is 14.4. The summed E-state index contributed by atoms with van der Waals surface area (Å²) in [6.45, 7) is 4.25. The van der Waals surface area contributed by atoms with Gasteiger partial charge >= 0.3 is 0 Å². The summed E-state index contributed by atoms with van der Waals surface area (Å²) in [5.74, 6) is 0. The van der Waals surface area contributed by atoms with Gasteiger partial charge in [-0.05, 0) is 37.8 Å². The number of ether oxygens (including phenoxy) is 1. The van der Waals surface area contributed by atoms with E-state index in [1.165, 1.54) is 11.1 Å². The van der Waals surface area contributed by atoms with Gasteiger partial charge in [0.15, 0.2) is 0 Å². The summed E-state index contributed by atoms with van der Waals surface area (Å²) < 4.78 is 5.77. The number of rotatable bonds is 8. The van der Waals surface area contributed by atoms with Gasteiger partial charge in [0.05, 0.1) is 6.10 Å². The third kappa shape index (κ3) is 5.99. The molecule has 0 aromatic heterocycles. The molecule has 0 aliphatic rings. The van der Waals surface area contributed by atoms with Crippen LogP contribution in [0.25, 0.3) is 0 Å². The predicted molar refractivity (Wildman–Crippen MR) is 98.3 cm³/mol. The van der Waals surface area contributed by atoms with Crippen LogP contribution in [-0.2, 0) is 17.6 Å². The minimum Gasteiger partial charge on any atom is -0.375 e. The number of aryl methyl sites for hydroxylation is 1. The Morgan fingerprint density at radius 1 is 0.913 bits per heavy atom. The van der Waals surface area contributed by atoms with Crippen LogP contribution >= 0.6 is 0 Å². The fourth-order valence-corrected chi connectivity index (χ4v) is 2.72. The number of methoxy groups -OCH3 is 1. The highest BCUT2D eigenvalue weighted by Gasteiger charge is 2.16. The topological polar surface area (TPSA) is 21.6 Å². The highest BCUT2D eigenvalue weighted by Crippen LogP contribution is 2.13. The Labute approximate surface area is 140 Å². The van der Waals surface area contributed by atoms with Crippen LogP contribution in [0.3, 0.4) is 0 Å². The third-order valence-corrected chi connectivity index (χ3v) is 3.86. The fraction of sp³-hybridized carbons (Fsp3) is 0.381. The SMILES string of the molecule is COC(Cc1ccccc1)C(CCc1ccccc1)=NC(C)C. The van der Waals surface area contributed by atoms with Crippen LogP contribution in [0.2, 0.25) is 0 Å². The van der Waals surface area contributed by atoms with Gasteiger partial charge in [0.25, 0.3) is 0 Å². The van der Waals surface area contributed by atoms with E-state index in [4.69, 9.17) is 9.73 Å². The lowest BCUT2D eigenvalue weighted by Crippen LogP contribution is -2.27. The van der Waals surface area contributed by atoms with E-state index in [1.807, 2.05) is 6.07 Å². The maximum atomic E-state index is 5.77. The van der Waals surface area contributed by atoms with Crippen molar-refractivity contribution in [3.05, 3.63) is 71.8 Å². The molecule has 23 heavy (non-hydrogen) atoms. The number of hydrogen-bond donors (Lipinski definition) is 0. The van der Waals surface area contributed by atoms with E-state index in [0.29, 0.717) is 0 Å². The molecule has 2 aromatic rings. The Morgan fingerprint density at radius 3 is 2.00 bits per heavy atom. The van der Waals surface area contributed by atoms with Crippen molar-refractivity contribution >= 4 is 5.71 Å². The first-order valence-electron chi connectivity index (χ1n) is 8.36. The van der Waals surface area contributed by atoms with Crippen LogP contribution in [0.1, 0.15) is 31.4 Å². The molecule has 0 fully saturated rings. The van der Waals surface area contributed by atoms with Crippen molar-refractivity contribution in [3.63, 3.8) is 0 Å². The largest absolute Gasteiger partial charge is 0.375 e. The van der Waals surface area contributed by atoms with Crippen molar-refractivity contribution in [2.45, 2.75) is 45.3 Å². The van der Waals surface area contributed by atoms with Crippen molar-refractivity contribution in [1.29, 1.82) is 0 Å². The number of aliphatic imine (C=N–C) groups is 1. The van der Waals surface area contributed by atoms with Gasteiger partial charge in [0.2, 0.25) is 0 Å². The molecule has 1 atom stereocenters. The summed E-state index contributed by atoms with van der Waals surface area (Å²) in [6, 6.07) is 21.4. The molecule has 0 saturated heterocycles. The molecule has 0 saturated carbocycles. The van der Waals surface area contributed by atoms with E-state index in [1.54, 1.807) is 7.11 Å². The molecule has 0 aliphatic carbocycles. The average Bonchev–Trinajstić information content (AvgIpc) is 2.58. The smallest absolute Gasteiger partial charge is 0.0987 e. The van der Waals surface area contributed by atoms with Gasteiger partial charge in [0.1, 0.15) is 0 Å². The highest BCUT2D eigenvalue weighted by atomic mass is 16.5. The Morgan fingerprint density at radius 2 is 1.48 bits per heavy atom. The standard InChI is InChI=1S/C21H27NO/c1-17(2)22-20(15-14-18-10-6-4-7-11-18)21(23-3)16-19-12-8-5-9-13-19/h4-13,17,21H,14-16H2,1-3H3. The number of benzene rings is 2. The normalized spacial score (nSPS) is 13.3. The Balaban J connectivity index is 2.09. The van der Waals surface area contributed by atoms with Crippen molar-refractivity contribution < 1.29 is 4.74 Å². The quantitative estimate of drug-likeness (QED) is 0.646.